The summed E-state index contributed by atoms with van der Waals surface area (Å²) < 4.78 is 11.4. The van der Waals surface area contributed by atoms with E-state index < -0.39 is 0 Å². The van der Waals surface area contributed by atoms with Crippen LogP contribution in [0.4, 0.5) is 0 Å². The first-order valence-electron chi connectivity index (χ1n) is 12.7. The lowest BCUT2D eigenvalue weighted by molar-refractivity contribution is -0.121. The van der Waals surface area contributed by atoms with Gasteiger partial charge in [-0.1, -0.05) is 60.7 Å². The van der Waals surface area contributed by atoms with E-state index in [0.29, 0.717) is 19.6 Å². The van der Waals surface area contributed by atoms with Crippen LogP contribution in [0, 0.1) is 0 Å². The van der Waals surface area contributed by atoms with Crippen LogP contribution < -0.4 is 14.8 Å². The molecule has 0 bridgehead atoms. The van der Waals surface area contributed by atoms with E-state index in [0.717, 1.165) is 55.1 Å². The van der Waals surface area contributed by atoms with E-state index in [2.05, 4.69) is 70.9 Å². The Kier molecular flexibility index (Phi) is 7.64. The van der Waals surface area contributed by atoms with Crippen molar-refractivity contribution in [1.82, 2.24) is 10.2 Å². The summed E-state index contributed by atoms with van der Waals surface area (Å²) in [6.07, 6.45) is 4.54. The second-order valence-electron chi connectivity index (χ2n) is 9.61. The summed E-state index contributed by atoms with van der Waals surface area (Å²) in [7, 11) is 0. The molecule has 1 fully saturated rings. The second-order valence-corrected chi connectivity index (χ2v) is 9.61. The summed E-state index contributed by atoms with van der Waals surface area (Å²) in [5, 5.41) is 3.32. The second kappa shape index (κ2) is 11.4. The Morgan fingerprint density at radius 3 is 2.23 bits per heavy atom. The van der Waals surface area contributed by atoms with E-state index in [-0.39, 0.29) is 11.9 Å². The molecular formula is C30H34N2O3. The lowest BCUT2D eigenvalue weighted by Crippen LogP contribution is -2.45. The molecule has 1 saturated heterocycles. The molecule has 0 radical (unpaired) electrons. The molecule has 0 unspecified atom stereocenters. The number of carbonyl (C=O) groups is 1. The summed E-state index contributed by atoms with van der Waals surface area (Å²) in [5.74, 6) is 1.67. The van der Waals surface area contributed by atoms with Crippen LogP contribution in [0.3, 0.4) is 0 Å². The van der Waals surface area contributed by atoms with Gasteiger partial charge < -0.3 is 19.7 Å². The van der Waals surface area contributed by atoms with Crippen LogP contribution in [0.15, 0.2) is 72.8 Å². The fourth-order valence-corrected chi connectivity index (χ4v) is 5.01. The van der Waals surface area contributed by atoms with Crippen LogP contribution in [0.1, 0.15) is 35.1 Å². The van der Waals surface area contributed by atoms with Crippen molar-refractivity contribution >= 4 is 5.91 Å². The van der Waals surface area contributed by atoms with Gasteiger partial charge in [-0.2, -0.15) is 0 Å². The zero-order valence-electron chi connectivity index (χ0n) is 20.2. The Labute approximate surface area is 208 Å². The smallest absolute Gasteiger partial charge is 0.224 e. The third kappa shape index (κ3) is 6.64. The van der Waals surface area contributed by atoms with Gasteiger partial charge in [0.1, 0.15) is 13.2 Å². The topological polar surface area (TPSA) is 50.8 Å². The first kappa shape index (κ1) is 23.4. The van der Waals surface area contributed by atoms with Gasteiger partial charge in [-0.15, -0.1) is 0 Å². The van der Waals surface area contributed by atoms with Crippen molar-refractivity contribution < 1.29 is 14.3 Å². The molecule has 2 aliphatic rings. The monoisotopic (exact) mass is 470 g/mol. The summed E-state index contributed by atoms with van der Waals surface area (Å²) >= 11 is 0. The predicted octanol–water partition coefficient (Wildman–Crippen LogP) is 4.41. The molecule has 2 aliphatic heterocycles. The fraction of sp³-hybridized carbons (Fsp3) is 0.367. The summed E-state index contributed by atoms with van der Waals surface area (Å²) in [5.41, 5.74) is 4.75. The molecule has 5 heteroatoms. The predicted molar refractivity (Wildman–Crippen MR) is 138 cm³/mol. The van der Waals surface area contributed by atoms with Gasteiger partial charge in [0.15, 0.2) is 11.5 Å². The number of fused-ring (bicyclic) bond motifs is 1. The lowest BCUT2D eigenvalue weighted by atomic mass is 10.0. The minimum atomic E-state index is 0.0560. The van der Waals surface area contributed by atoms with Crippen LogP contribution in [0.2, 0.25) is 0 Å². The van der Waals surface area contributed by atoms with Crippen LogP contribution in [-0.4, -0.2) is 49.7 Å². The van der Waals surface area contributed by atoms with Crippen molar-refractivity contribution in [3.63, 3.8) is 0 Å². The summed E-state index contributed by atoms with van der Waals surface area (Å²) in [6.45, 7) is 4.25. The normalized spacial score (nSPS) is 16.1. The van der Waals surface area contributed by atoms with E-state index in [9.17, 15) is 4.79 Å². The van der Waals surface area contributed by atoms with Gasteiger partial charge in [-0.25, -0.2) is 0 Å². The number of likely N-dealkylation sites (tertiary alicyclic amines) is 1. The van der Waals surface area contributed by atoms with Crippen molar-refractivity contribution in [2.75, 3.05) is 32.8 Å². The van der Waals surface area contributed by atoms with Crippen LogP contribution in [0.5, 0.6) is 11.5 Å². The molecule has 0 aliphatic carbocycles. The Morgan fingerprint density at radius 2 is 1.46 bits per heavy atom. The average molecular weight is 471 g/mol. The summed E-state index contributed by atoms with van der Waals surface area (Å²) in [4.78, 5) is 15.5. The quantitative estimate of drug-likeness (QED) is 0.503. The minimum absolute atomic E-state index is 0.0560. The van der Waals surface area contributed by atoms with Crippen molar-refractivity contribution in [1.29, 1.82) is 0 Å². The number of nitrogens with one attached hydrogen (secondary N) is 1. The molecule has 5 rings (SSSR count). The maximum Gasteiger partial charge on any atom is 0.224 e. The van der Waals surface area contributed by atoms with Gasteiger partial charge in [-0.05, 0) is 73.2 Å². The summed E-state index contributed by atoms with van der Waals surface area (Å²) in [6, 6.07) is 25.1. The molecule has 5 nitrogen and oxygen atoms in total. The molecule has 35 heavy (non-hydrogen) atoms. The highest BCUT2D eigenvalue weighted by molar-refractivity contribution is 5.79. The number of rotatable bonds is 9. The number of hydrogen-bond donors (Lipinski definition) is 1. The van der Waals surface area contributed by atoms with Crippen LogP contribution in [0.25, 0.3) is 0 Å². The van der Waals surface area contributed by atoms with E-state index in [1.807, 2.05) is 12.1 Å². The highest BCUT2D eigenvalue weighted by Crippen LogP contribution is 2.31. The number of amides is 1. The molecule has 0 spiro atoms. The molecule has 1 N–H and O–H groups in total. The first-order valence-corrected chi connectivity index (χ1v) is 12.7. The van der Waals surface area contributed by atoms with Crippen molar-refractivity contribution in [2.45, 2.75) is 38.1 Å². The van der Waals surface area contributed by atoms with Gasteiger partial charge in [0.25, 0.3) is 0 Å². The van der Waals surface area contributed by atoms with Gasteiger partial charge in [0.2, 0.25) is 5.91 Å². The number of carbonyl (C=O) groups excluding carboxylic acids is 1. The first-order chi connectivity index (χ1) is 17.2. The highest BCUT2D eigenvalue weighted by atomic mass is 16.6. The molecule has 2 heterocycles. The fourth-order valence-electron chi connectivity index (χ4n) is 5.01. The molecular weight excluding hydrogens is 436 g/mol. The molecule has 0 aromatic heterocycles. The average Bonchev–Trinajstić information content (AvgIpc) is 3.39. The maximum absolute atomic E-state index is 13.0. The number of ether oxygens (including phenoxy) is 2. The van der Waals surface area contributed by atoms with Gasteiger partial charge in [0.05, 0.1) is 6.42 Å². The van der Waals surface area contributed by atoms with Gasteiger partial charge in [-0.3, -0.25) is 4.79 Å². The number of nitrogens with zero attached hydrogens (tertiary/aromatic N) is 1. The van der Waals surface area contributed by atoms with E-state index in [1.165, 1.54) is 24.0 Å². The third-order valence-corrected chi connectivity index (χ3v) is 6.77. The van der Waals surface area contributed by atoms with Crippen LogP contribution >= 0.6 is 0 Å². The van der Waals surface area contributed by atoms with Crippen molar-refractivity contribution in [3.05, 3.63) is 95.1 Å². The molecule has 1 amide bonds. The Balaban J connectivity index is 1.20. The van der Waals surface area contributed by atoms with E-state index >= 15 is 0 Å². The van der Waals surface area contributed by atoms with Gasteiger partial charge in [0, 0.05) is 12.6 Å². The molecule has 3 aromatic carbocycles. The Bertz CT molecular complexity index is 1110. The highest BCUT2D eigenvalue weighted by Gasteiger charge is 2.21. The van der Waals surface area contributed by atoms with Crippen LogP contribution in [-0.2, 0) is 24.1 Å². The maximum atomic E-state index is 13.0. The zero-order valence-corrected chi connectivity index (χ0v) is 20.2. The third-order valence-electron chi connectivity index (χ3n) is 6.77. The zero-order chi connectivity index (χ0) is 23.9. The largest absolute Gasteiger partial charge is 0.486 e. The standard InChI is InChI=1S/C30H34N2O3/c33-30(21-25-10-8-24(9-11-25)18-23-6-2-1-3-7-23)31-27(22-32-14-4-5-15-32)19-26-12-13-28-29(20-26)35-17-16-34-28/h1-3,6-13,20,27H,4-5,14-19,21-22H2,(H,31,33)/t27-/m0/s1. The van der Waals surface area contributed by atoms with Crippen molar-refractivity contribution in [3.8, 4) is 11.5 Å². The SMILES string of the molecule is O=C(Cc1ccc(Cc2ccccc2)cc1)N[C@@H](Cc1ccc2c(c1)OCCO2)CN1CCCC1. The number of hydrogen-bond acceptors (Lipinski definition) is 4. The van der Waals surface area contributed by atoms with E-state index in [1.54, 1.807) is 0 Å². The van der Waals surface area contributed by atoms with Gasteiger partial charge >= 0.3 is 0 Å². The molecule has 0 saturated carbocycles. The number of benzene rings is 3. The van der Waals surface area contributed by atoms with Crippen molar-refractivity contribution in [2.24, 2.45) is 0 Å². The minimum Gasteiger partial charge on any atom is -0.486 e. The Hall–Kier alpha value is -3.31. The van der Waals surface area contributed by atoms with E-state index in [4.69, 9.17) is 9.47 Å². The molecule has 3 aromatic rings. The molecule has 1 atom stereocenters. The Morgan fingerprint density at radius 1 is 0.800 bits per heavy atom. The molecule has 182 valence electrons. The lowest BCUT2D eigenvalue weighted by Gasteiger charge is -2.25.